The number of hydrogen-bond acceptors (Lipinski definition) is 1. The van der Waals surface area contributed by atoms with Gasteiger partial charge in [0.1, 0.15) is 0 Å². The first-order chi connectivity index (χ1) is 7.66. The van der Waals surface area contributed by atoms with Crippen LogP contribution in [-0.2, 0) is 10.8 Å². The summed E-state index contributed by atoms with van der Waals surface area (Å²) >= 11 is 0. The molecule has 0 N–H and O–H groups in total. The Balaban J connectivity index is 2.79. The van der Waals surface area contributed by atoms with Gasteiger partial charge in [-0.25, -0.2) is 0 Å². The van der Waals surface area contributed by atoms with E-state index in [1.54, 1.807) is 0 Å². The standard InChI is InChI=1S/C16H21N/c1-14(2)12-8-7-11(10-17)9-13(12)15(3,4)16(14,5)6/h7-9H,1-6H3. The maximum Gasteiger partial charge on any atom is 0.0991 e. The molecule has 1 aromatic rings. The van der Waals surface area contributed by atoms with Gasteiger partial charge in [0.2, 0.25) is 0 Å². The molecule has 0 spiro atoms. The van der Waals surface area contributed by atoms with E-state index in [4.69, 9.17) is 5.26 Å². The summed E-state index contributed by atoms with van der Waals surface area (Å²) in [6.07, 6.45) is 0. The fourth-order valence-corrected chi connectivity index (χ4v) is 3.13. The lowest BCUT2D eigenvalue weighted by Gasteiger charge is -2.44. The maximum atomic E-state index is 9.05. The lowest BCUT2D eigenvalue weighted by Crippen LogP contribution is -2.42. The zero-order chi connectivity index (χ0) is 13.1. The summed E-state index contributed by atoms with van der Waals surface area (Å²) < 4.78 is 0. The highest BCUT2D eigenvalue weighted by molar-refractivity contribution is 5.52. The largest absolute Gasteiger partial charge is 0.192 e. The van der Waals surface area contributed by atoms with E-state index < -0.39 is 0 Å². The molecule has 0 saturated carbocycles. The van der Waals surface area contributed by atoms with Crippen LogP contribution in [0.3, 0.4) is 0 Å². The fourth-order valence-electron chi connectivity index (χ4n) is 3.13. The van der Waals surface area contributed by atoms with Crippen LogP contribution in [0.1, 0.15) is 58.2 Å². The molecule has 0 fully saturated rings. The van der Waals surface area contributed by atoms with Gasteiger partial charge in [-0.05, 0) is 39.5 Å². The van der Waals surface area contributed by atoms with E-state index in [1.165, 1.54) is 11.1 Å². The van der Waals surface area contributed by atoms with E-state index in [-0.39, 0.29) is 16.2 Å². The molecule has 0 atom stereocenters. The Labute approximate surface area is 104 Å². The van der Waals surface area contributed by atoms with E-state index in [0.717, 1.165) is 5.56 Å². The van der Waals surface area contributed by atoms with Gasteiger partial charge in [-0.2, -0.15) is 5.26 Å². The summed E-state index contributed by atoms with van der Waals surface area (Å²) in [5.74, 6) is 0. The zero-order valence-corrected chi connectivity index (χ0v) is 11.7. The highest BCUT2D eigenvalue weighted by Gasteiger charge is 2.56. The molecule has 0 aliphatic heterocycles. The Hall–Kier alpha value is -1.29. The van der Waals surface area contributed by atoms with Gasteiger partial charge in [-0.1, -0.05) is 47.6 Å². The molecule has 1 nitrogen and oxygen atoms in total. The summed E-state index contributed by atoms with van der Waals surface area (Å²) in [4.78, 5) is 0. The number of nitrogens with zero attached hydrogens (tertiary/aromatic N) is 1. The van der Waals surface area contributed by atoms with Gasteiger partial charge in [0.25, 0.3) is 0 Å². The summed E-state index contributed by atoms with van der Waals surface area (Å²) in [7, 11) is 0. The van der Waals surface area contributed by atoms with Gasteiger partial charge in [0, 0.05) is 0 Å². The minimum absolute atomic E-state index is 0.0959. The number of nitriles is 1. The molecule has 0 saturated heterocycles. The molecule has 1 aromatic carbocycles. The number of rotatable bonds is 0. The lowest BCUT2D eigenvalue weighted by molar-refractivity contribution is 0.125. The molecule has 2 rings (SSSR count). The molecule has 1 aliphatic rings. The van der Waals surface area contributed by atoms with Crippen LogP contribution in [0.4, 0.5) is 0 Å². The zero-order valence-electron chi connectivity index (χ0n) is 11.7. The average Bonchev–Trinajstić information content (AvgIpc) is 2.36. The van der Waals surface area contributed by atoms with Crippen molar-refractivity contribution in [3.8, 4) is 6.07 Å². The molecule has 1 aliphatic carbocycles. The number of hydrogen-bond donors (Lipinski definition) is 0. The van der Waals surface area contributed by atoms with Crippen molar-refractivity contribution in [3.05, 3.63) is 34.9 Å². The third kappa shape index (κ3) is 1.24. The molecule has 17 heavy (non-hydrogen) atoms. The highest BCUT2D eigenvalue weighted by atomic mass is 14.6. The molecule has 1 heteroatoms. The molecule has 0 aromatic heterocycles. The minimum atomic E-state index is 0.0959. The van der Waals surface area contributed by atoms with Crippen LogP contribution < -0.4 is 0 Å². The SMILES string of the molecule is CC1(C)c2ccc(C#N)cc2C(C)(C)C1(C)C. The van der Waals surface area contributed by atoms with E-state index in [1.807, 2.05) is 6.07 Å². The van der Waals surface area contributed by atoms with Crippen LogP contribution >= 0.6 is 0 Å². The van der Waals surface area contributed by atoms with Gasteiger partial charge < -0.3 is 0 Å². The van der Waals surface area contributed by atoms with Crippen molar-refractivity contribution in [2.24, 2.45) is 5.41 Å². The third-order valence-electron chi connectivity index (χ3n) is 5.62. The highest BCUT2D eigenvalue weighted by Crippen LogP contribution is 2.61. The van der Waals surface area contributed by atoms with Gasteiger partial charge in [0.15, 0.2) is 0 Å². The van der Waals surface area contributed by atoms with E-state index in [2.05, 4.69) is 59.7 Å². The molecular weight excluding hydrogens is 206 g/mol. The molecule has 0 amide bonds. The molecule has 0 heterocycles. The normalized spacial score (nSPS) is 22.9. The maximum absolute atomic E-state index is 9.05. The summed E-state index contributed by atoms with van der Waals surface area (Å²) in [6, 6.07) is 8.41. The second-order valence-corrected chi connectivity index (χ2v) is 6.75. The topological polar surface area (TPSA) is 23.8 Å². The molecule has 0 bridgehead atoms. The van der Waals surface area contributed by atoms with Crippen molar-refractivity contribution in [1.82, 2.24) is 0 Å². The average molecular weight is 227 g/mol. The van der Waals surface area contributed by atoms with Crippen LogP contribution in [0.15, 0.2) is 18.2 Å². The van der Waals surface area contributed by atoms with Crippen LogP contribution in [0.5, 0.6) is 0 Å². The molecule has 0 unspecified atom stereocenters. The monoisotopic (exact) mass is 227 g/mol. The van der Waals surface area contributed by atoms with Crippen molar-refractivity contribution in [3.63, 3.8) is 0 Å². The van der Waals surface area contributed by atoms with Crippen molar-refractivity contribution in [2.75, 3.05) is 0 Å². The summed E-state index contributed by atoms with van der Waals surface area (Å²) in [5.41, 5.74) is 3.91. The Kier molecular flexibility index (Phi) is 2.24. The first kappa shape index (κ1) is 12.2. The van der Waals surface area contributed by atoms with Gasteiger partial charge in [0.05, 0.1) is 11.6 Å². The molecular formula is C16H21N. The Morgan fingerprint density at radius 1 is 0.882 bits per heavy atom. The molecule has 90 valence electrons. The second-order valence-electron chi connectivity index (χ2n) is 6.75. The molecule has 0 radical (unpaired) electrons. The second kappa shape index (κ2) is 3.13. The van der Waals surface area contributed by atoms with Crippen molar-refractivity contribution < 1.29 is 0 Å². The first-order valence-corrected chi connectivity index (χ1v) is 6.21. The fraction of sp³-hybridized carbons (Fsp3) is 0.562. The van der Waals surface area contributed by atoms with Crippen LogP contribution in [0.2, 0.25) is 0 Å². The number of benzene rings is 1. The van der Waals surface area contributed by atoms with Crippen molar-refractivity contribution in [1.29, 1.82) is 5.26 Å². The van der Waals surface area contributed by atoms with E-state index in [9.17, 15) is 0 Å². The predicted molar refractivity (Wildman–Crippen MR) is 71.0 cm³/mol. The van der Waals surface area contributed by atoms with Crippen LogP contribution in [0, 0.1) is 16.7 Å². The smallest absolute Gasteiger partial charge is 0.0991 e. The van der Waals surface area contributed by atoms with E-state index in [0.29, 0.717) is 0 Å². The Morgan fingerprint density at radius 3 is 1.94 bits per heavy atom. The Morgan fingerprint density at radius 2 is 1.41 bits per heavy atom. The van der Waals surface area contributed by atoms with Gasteiger partial charge in [-0.3, -0.25) is 0 Å². The van der Waals surface area contributed by atoms with Crippen molar-refractivity contribution >= 4 is 0 Å². The van der Waals surface area contributed by atoms with E-state index >= 15 is 0 Å². The summed E-state index contributed by atoms with van der Waals surface area (Å²) in [6.45, 7) is 13.9. The number of fused-ring (bicyclic) bond motifs is 1. The Bertz CT molecular complexity index is 513. The van der Waals surface area contributed by atoms with Crippen LogP contribution in [0.25, 0.3) is 0 Å². The first-order valence-electron chi connectivity index (χ1n) is 6.21. The minimum Gasteiger partial charge on any atom is -0.192 e. The van der Waals surface area contributed by atoms with Gasteiger partial charge >= 0.3 is 0 Å². The van der Waals surface area contributed by atoms with Crippen molar-refractivity contribution in [2.45, 2.75) is 52.4 Å². The quantitative estimate of drug-likeness (QED) is 0.653. The van der Waals surface area contributed by atoms with Crippen LogP contribution in [-0.4, -0.2) is 0 Å². The third-order valence-corrected chi connectivity index (χ3v) is 5.62. The van der Waals surface area contributed by atoms with Gasteiger partial charge in [-0.15, -0.1) is 0 Å². The predicted octanol–water partition coefficient (Wildman–Crippen LogP) is 4.15. The lowest BCUT2D eigenvalue weighted by atomic mass is 9.59. The summed E-state index contributed by atoms with van der Waals surface area (Å²) in [5, 5.41) is 9.05.